The normalized spacial score (nSPS) is 9.89. The van der Waals surface area contributed by atoms with Gasteiger partial charge in [-0.2, -0.15) is 0 Å². The summed E-state index contributed by atoms with van der Waals surface area (Å²) >= 11 is 0. The van der Waals surface area contributed by atoms with Crippen LogP contribution in [0.25, 0.3) is 0 Å². The van der Waals surface area contributed by atoms with Gasteiger partial charge in [-0.25, -0.2) is 9.37 Å². The Morgan fingerprint density at radius 3 is 2.53 bits per heavy atom. The van der Waals surface area contributed by atoms with E-state index in [1.54, 1.807) is 19.2 Å². The fraction of sp³-hybridized carbons (Fsp3) is 0.200. The molecule has 2 aromatic rings. The molecule has 3 nitrogen and oxygen atoms in total. The van der Waals surface area contributed by atoms with Gasteiger partial charge in [-0.3, -0.25) is 4.98 Å². The average molecular weight is 255 g/mol. The molecule has 0 saturated carbocycles. The average Bonchev–Trinajstić information content (AvgIpc) is 2.38. The lowest BCUT2D eigenvalue weighted by atomic mass is 10.1. The number of nitrogen functional groups attached to an aromatic ring is 1. The molecule has 0 amide bonds. The second kappa shape index (κ2) is 5.07. The molecule has 0 aliphatic carbocycles. The van der Waals surface area contributed by atoms with Crippen LogP contribution in [0.4, 0.5) is 10.1 Å². The van der Waals surface area contributed by atoms with Gasteiger partial charge in [-0.15, -0.1) is 0 Å². The van der Waals surface area contributed by atoms with E-state index in [0.717, 1.165) is 17.0 Å². The quantitative estimate of drug-likeness (QED) is 0.581. The van der Waals surface area contributed by atoms with Crippen molar-refractivity contribution in [1.82, 2.24) is 9.97 Å². The molecule has 0 fully saturated rings. The highest BCUT2D eigenvalue weighted by Gasteiger charge is 2.06. The predicted molar refractivity (Wildman–Crippen MR) is 73.0 cm³/mol. The monoisotopic (exact) mass is 255 g/mol. The van der Waals surface area contributed by atoms with E-state index >= 15 is 0 Å². The highest BCUT2D eigenvalue weighted by atomic mass is 19.1. The van der Waals surface area contributed by atoms with Crippen LogP contribution in [0.2, 0.25) is 0 Å². The Morgan fingerprint density at radius 1 is 1.11 bits per heavy atom. The molecule has 96 valence electrons. The third-order valence-corrected chi connectivity index (χ3v) is 2.89. The Kier molecular flexibility index (Phi) is 3.48. The van der Waals surface area contributed by atoms with Crippen molar-refractivity contribution in [2.75, 3.05) is 5.73 Å². The van der Waals surface area contributed by atoms with Crippen LogP contribution in [-0.2, 0) is 0 Å². The van der Waals surface area contributed by atoms with E-state index in [-0.39, 0.29) is 5.69 Å². The standard InChI is InChI=1S/C15H14FN3/c1-9-4-7-14(17)15(16)13(9)6-5-12-8-18-10(2)11(3)19-12/h4,7-8H,17H2,1-3H3. The number of aromatic nitrogens is 2. The van der Waals surface area contributed by atoms with Crippen LogP contribution >= 0.6 is 0 Å². The van der Waals surface area contributed by atoms with Gasteiger partial charge in [0.2, 0.25) is 0 Å². The zero-order valence-electron chi connectivity index (χ0n) is 11.1. The summed E-state index contributed by atoms with van der Waals surface area (Å²) in [6.45, 7) is 5.53. The van der Waals surface area contributed by atoms with E-state index in [1.807, 2.05) is 13.8 Å². The van der Waals surface area contributed by atoms with Crippen LogP contribution in [0, 0.1) is 38.4 Å². The first kappa shape index (κ1) is 13.0. The fourth-order valence-electron chi connectivity index (χ4n) is 1.57. The Balaban J connectivity index is 2.45. The highest BCUT2D eigenvalue weighted by molar-refractivity contribution is 5.54. The number of rotatable bonds is 0. The maximum absolute atomic E-state index is 13.8. The molecular formula is C15H14FN3. The minimum absolute atomic E-state index is 0.0982. The minimum Gasteiger partial charge on any atom is -0.396 e. The fourth-order valence-corrected chi connectivity index (χ4v) is 1.57. The summed E-state index contributed by atoms with van der Waals surface area (Å²) in [6, 6.07) is 3.28. The van der Waals surface area contributed by atoms with Gasteiger partial charge in [-0.05, 0) is 38.3 Å². The first-order valence-electron chi connectivity index (χ1n) is 5.86. The van der Waals surface area contributed by atoms with E-state index in [2.05, 4.69) is 21.8 Å². The van der Waals surface area contributed by atoms with Gasteiger partial charge in [0.1, 0.15) is 5.69 Å². The van der Waals surface area contributed by atoms with E-state index in [1.165, 1.54) is 6.07 Å². The second-order valence-electron chi connectivity index (χ2n) is 4.34. The number of nitrogens with zero attached hydrogens (tertiary/aromatic N) is 2. The molecular weight excluding hydrogens is 241 g/mol. The lowest BCUT2D eigenvalue weighted by molar-refractivity contribution is 0.628. The van der Waals surface area contributed by atoms with Crippen molar-refractivity contribution < 1.29 is 4.39 Å². The number of hydrogen-bond acceptors (Lipinski definition) is 3. The van der Waals surface area contributed by atoms with E-state index in [9.17, 15) is 4.39 Å². The van der Waals surface area contributed by atoms with Crippen LogP contribution in [0.15, 0.2) is 18.3 Å². The van der Waals surface area contributed by atoms with Crippen LogP contribution in [-0.4, -0.2) is 9.97 Å². The number of aryl methyl sites for hydroxylation is 3. The molecule has 0 unspecified atom stereocenters. The van der Waals surface area contributed by atoms with Gasteiger partial charge in [-0.1, -0.05) is 12.0 Å². The molecule has 1 aromatic carbocycles. The van der Waals surface area contributed by atoms with E-state index < -0.39 is 5.82 Å². The first-order valence-corrected chi connectivity index (χ1v) is 5.86. The summed E-state index contributed by atoms with van der Waals surface area (Å²) in [4.78, 5) is 8.45. The number of halogens is 1. The van der Waals surface area contributed by atoms with Gasteiger partial charge in [0, 0.05) is 0 Å². The lowest BCUT2D eigenvalue weighted by Gasteiger charge is -2.02. The number of anilines is 1. The maximum Gasteiger partial charge on any atom is 0.161 e. The molecule has 2 N–H and O–H groups in total. The molecule has 0 saturated heterocycles. The first-order chi connectivity index (χ1) is 8.99. The molecule has 0 aliphatic heterocycles. The number of hydrogen-bond donors (Lipinski definition) is 1. The van der Waals surface area contributed by atoms with Gasteiger partial charge >= 0.3 is 0 Å². The molecule has 0 spiro atoms. The van der Waals surface area contributed by atoms with Gasteiger partial charge in [0.25, 0.3) is 0 Å². The van der Waals surface area contributed by atoms with Crippen molar-refractivity contribution in [2.24, 2.45) is 0 Å². The van der Waals surface area contributed by atoms with Crippen molar-refractivity contribution in [3.63, 3.8) is 0 Å². The molecule has 19 heavy (non-hydrogen) atoms. The van der Waals surface area contributed by atoms with Crippen LogP contribution in [0.3, 0.4) is 0 Å². The molecule has 1 heterocycles. The van der Waals surface area contributed by atoms with Crippen LogP contribution < -0.4 is 5.73 Å². The van der Waals surface area contributed by atoms with E-state index in [0.29, 0.717) is 11.3 Å². The third-order valence-electron chi connectivity index (χ3n) is 2.89. The molecule has 1 aromatic heterocycles. The zero-order valence-corrected chi connectivity index (χ0v) is 11.1. The minimum atomic E-state index is -0.482. The Morgan fingerprint density at radius 2 is 1.84 bits per heavy atom. The summed E-state index contributed by atoms with van der Waals surface area (Å²) in [7, 11) is 0. The molecule has 0 radical (unpaired) electrons. The summed E-state index contributed by atoms with van der Waals surface area (Å²) in [6.07, 6.45) is 1.58. The SMILES string of the molecule is Cc1ccc(N)c(F)c1C#Cc1cnc(C)c(C)n1. The van der Waals surface area contributed by atoms with Crippen molar-refractivity contribution in [2.45, 2.75) is 20.8 Å². The Labute approximate surface area is 111 Å². The largest absolute Gasteiger partial charge is 0.396 e. The van der Waals surface area contributed by atoms with Crippen molar-refractivity contribution >= 4 is 5.69 Å². The van der Waals surface area contributed by atoms with Gasteiger partial charge in [0.15, 0.2) is 5.82 Å². The molecule has 0 atom stereocenters. The molecule has 2 rings (SSSR count). The third kappa shape index (κ3) is 2.71. The number of benzene rings is 1. The number of nitrogens with two attached hydrogens (primary N) is 1. The summed E-state index contributed by atoms with van der Waals surface area (Å²) < 4.78 is 13.8. The topological polar surface area (TPSA) is 51.8 Å². The summed E-state index contributed by atoms with van der Waals surface area (Å²) in [5.74, 6) is 5.11. The van der Waals surface area contributed by atoms with Crippen LogP contribution in [0.1, 0.15) is 28.2 Å². The maximum atomic E-state index is 13.8. The smallest absolute Gasteiger partial charge is 0.161 e. The van der Waals surface area contributed by atoms with Crippen LogP contribution in [0.5, 0.6) is 0 Å². The Bertz CT molecular complexity index is 697. The van der Waals surface area contributed by atoms with E-state index in [4.69, 9.17) is 5.73 Å². The zero-order chi connectivity index (χ0) is 14.0. The summed E-state index contributed by atoms with van der Waals surface area (Å²) in [5.41, 5.74) is 8.87. The lowest BCUT2D eigenvalue weighted by Crippen LogP contribution is -1.97. The van der Waals surface area contributed by atoms with Crippen molar-refractivity contribution in [1.29, 1.82) is 0 Å². The molecule has 0 aliphatic rings. The highest BCUT2D eigenvalue weighted by Crippen LogP contribution is 2.18. The molecule has 0 bridgehead atoms. The van der Waals surface area contributed by atoms with Gasteiger partial charge < -0.3 is 5.73 Å². The Hall–Kier alpha value is -2.41. The van der Waals surface area contributed by atoms with Crippen molar-refractivity contribution in [3.8, 4) is 11.8 Å². The van der Waals surface area contributed by atoms with Gasteiger partial charge in [0.05, 0.1) is 28.8 Å². The molecule has 4 heteroatoms. The summed E-state index contributed by atoms with van der Waals surface area (Å²) in [5, 5.41) is 0. The second-order valence-corrected chi connectivity index (χ2v) is 4.34. The van der Waals surface area contributed by atoms with Crippen molar-refractivity contribution in [3.05, 3.63) is 52.4 Å². The predicted octanol–water partition coefficient (Wildman–Crippen LogP) is 2.52.